The highest BCUT2D eigenvalue weighted by Gasteiger charge is 2.40. The first-order chi connectivity index (χ1) is 6.59. The van der Waals surface area contributed by atoms with E-state index >= 15 is 0 Å². The molecule has 0 saturated heterocycles. The monoisotopic (exact) mass is 189 g/mol. The number of benzene rings is 1. The van der Waals surface area contributed by atoms with E-state index in [2.05, 4.69) is 39.0 Å². The van der Waals surface area contributed by atoms with Gasteiger partial charge in [-0.25, -0.2) is 0 Å². The second-order valence-corrected chi connectivity index (χ2v) is 4.71. The highest BCUT2D eigenvalue weighted by atomic mass is 14.7. The summed E-state index contributed by atoms with van der Waals surface area (Å²) in [6, 6.07) is 7.15. The maximum atomic E-state index is 5.89. The molecule has 0 radical (unpaired) electrons. The van der Waals surface area contributed by atoms with Crippen LogP contribution in [0, 0.1) is 19.8 Å². The molecule has 0 spiro atoms. The van der Waals surface area contributed by atoms with Crippen LogP contribution in [-0.4, -0.2) is 6.04 Å². The summed E-state index contributed by atoms with van der Waals surface area (Å²) in [5, 5.41) is 0. The Morgan fingerprint density at radius 1 is 1.29 bits per heavy atom. The normalized spacial score (nSPS) is 27.4. The molecule has 0 unspecified atom stereocenters. The highest BCUT2D eigenvalue weighted by molar-refractivity contribution is 5.35. The van der Waals surface area contributed by atoms with Crippen molar-refractivity contribution < 1.29 is 0 Å². The smallest absolute Gasteiger partial charge is 0.00448 e. The number of rotatable bonds is 2. The minimum Gasteiger partial charge on any atom is -0.328 e. The first kappa shape index (κ1) is 9.72. The van der Waals surface area contributed by atoms with Crippen LogP contribution in [0.25, 0.3) is 0 Å². The molecule has 1 aromatic rings. The van der Waals surface area contributed by atoms with Gasteiger partial charge in [0, 0.05) is 6.04 Å². The molecular weight excluding hydrogens is 170 g/mol. The third kappa shape index (κ3) is 1.69. The van der Waals surface area contributed by atoms with Gasteiger partial charge in [-0.15, -0.1) is 0 Å². The third-order valence-corrected chi connectivity index (χ3v) is 3.47. The molecule has 1 heteroatoms. The summed E-state index contributed by atoms with van der Waals surface area (Å²) in [6.45, 7) is 6.46. The highest BCUT2D eigenvalue weighted by Crippen LogP contribution is 2.49. The van der Waals surface area contributed by atoms with Gasteiger partial charge < -0.3 is 5.73 Å². The second kappa shape index (κ2) is 3.39. The van der Waals surface area contributed by atoms with Crippen LogP contribution in [0.15, 0.2) is 18.2 Å². The van der Waals surface area contributed by atoms with Crippen molar-refractivity contribution in [3.05, 3.63) is 34.9 Å². The molecule has 1 fully saturated rings. The Bertz CT molecular complexity index is 341. The molecule has 1 nitrogen and oxygen atoms in total. The summed E-state index contributed by atoms with van der Waals surface area (Å²) in [4.78, 5) is 0. The predicted molar refractivity (Wildman–Crippen MR) is 60.4 cm³/mol. The zero-order chi connectivity index (χ0) is 10.3. The van der Waals surface area contributed by atoms with Gasteiger partial charge in [0.05, 0.1) is 0 Å². The van der Waals surface area contributed by atoms with Crippen molar-refractivity contribution in [3.8, 4) is 0 Å². The van der Waals surface area contributed by atoms with Crippen LogP contribution in [-0.2, 0) is 0 Å². The molecule has 0 aromatic heterocycles. The zero-order valence-electron chi connectivity index (χ0n) is 9.25. The van der Waals surface area contributed by atoms with Gasteiger partial charge >= 0.3 is 0 Å². The molecule has 1 aromatic carbocycles. The summed E-state index contributed by atoms with van der Waals surface area (Å²) in [6.07, 6.45) is 1.28. The SMILES string of the molecule is Cc1ccc([C@H]2C[C@@H]2[C@@H](C)N)cc1C. The number of hydrogen-bond donors (Lipinski definition) is 1. The zero-order valence-corrected chi connectivity index (χ0v) is 9.25. The van der Waals surface area contributed by atoms with Crippen molar-refractivity contribution in [2.45, 2.75) is 39.2 Å². The van der Waals surface area contributed by atoms with Crippen LogP contribution in [0.4, 0.5) is 0 Å². The lowest BCUT2D eigenvalue weighted by Gasteiger charge is -2.06. The number of hydrogen-bond acceptors (Lipinski definition) is 1. The van der Waals surface area contributed by atoms with Crippen molar-refractivity contribution in [2.24, 2.45) is 11.7 Å². The van der Waals surface area contributed by atoms with E-state index in [0.717, 1.165) is 11.8 Å². The molecule has 1 aliphatic carbocycles. The topological polar surface area (TPSA) is 26.0 Å². The van der Waals surface area contributed by atoms with Crippen LogP contribution in [0.1, 0.15) is 36.0 Å². The Morgan fingerprint density at radius 2 is 2.00 bits per heavy atom. The lowest BCUT2D eigenvalue weighted by atomic mass is 10.0. The molecule has 2 N–H and O–H groups in total. The summed E-state index contributed by atoms with van der Waals surface area (Å²) in [7, 11) is 0. The molecule has 0 aliphatic heterocycles. The van der Waals surface area contributed by atoms with Crippen LogP contribution in [0.3, 0.4) is 0 Å². The van der Waals surface area contributed by atoms with E-state index in [4.69, 9.17) is 5.73 Å². The first-order valence-corrected chi connectivity index (χ1v) is 5.42. The Balaban J connectivity index is 2.16. The average molecular weight is 189 g/mol. The Morgan fingerprint density at radius 3 is 2.50 bits per heavy atom. The standard InChI is InChI=1S/C13H19N/c1-8-4-5-11(6-9(8)2)13-7-12(13)10(3)14/h4-6,10,12-13H,7,14H2,1-3H3/t10-,12-,13-/m1/s1. The van der Waals surface area contributed by atoms with Crippen LogP contribution < -0.4 is 5.73 Å². The molecule has 3 atom stereocenters. The summed E-state index contributed by atoms with van der Waals surface area (Å²) in [5.41, 5.74) is 10.2. The number of aryl methyl sites for hydroxylation is 2. The van der Waals surface area contributed by atoms with Gasteiger partial charge in [0.25, 0.3) is 0 Å². The van der Waals surface area contributed by atoms with Gasteiger partial charge in [0.2, 0.25) is 0 Å². The van der Waals surface area contributed by atoms with E-state index in [0.29, 0.717) is 6.04 Å². The van der Waals surface area contributed by atoms with E-state index < -0.39 is 0 Å². The van der Waals surface area contributed by atoms with Crippen molar-refractivity contribution in [2.75, 3.05) is 0 Å². The lowest BCUT2D eigenvalue weighted by molar-refractivity contribution is 0.631. The second-order valence-electron chi connectivity index (χ2n) is 4.71. The minimum atomic E-state index is 0.349. The van der Waals surface area contributed by atoms with Gasteiger partial charge in [-0.1, -0.05) is 18.2 Å². The molecule has 0 bridgehead atoms. The molecule has 14 heavy (non-hydrogen) atoms. The van der Waals surface area contributed by atoms with Gasteiger partial charge in [-0.05, 0) is 55.7 Å². The van der Waals surface area contributed by atoms with Gasteiger partial charge in [-0.3, -0.25) is 0 Å². The van der Waals surface area contributed by atoms with E-state index in [-0.39, 0.29) is 0 Å². The largest absolute Gasteiger partial charge is 0.328 e. The molecule has 1 saturated carbocycles. The fraction of sp³-hybridized carbons (Fsp3) is 0.538. The molecule has 2 rings (SSSR count). The van der Waals surface area contributed by atoms with Gasteiger partial charge in [0.1, 0.15) is 0 Å². The Kier molecular flexibility index (Phi) is 2.36. The molecule has 1 aliphatic rings. The van der Waals surface area contributed by atoms with E-state index in [1.807, 2.05) is 0 Å². The number of nitrogens with two attached hydrogens (primary N) is 1. The molecule has 0 heterocycles. The quantitative estimate of drug-likeness (QED) is 0.760. The summed E-state index contributed by atoms with van der Waals surface area (Å²) in [5.74, 6) is 1.45. The molecule has 0 amide bonds. The van der Waals surface area contributed by atoms with E-state index in [1.165, 1.54) is 23.1 Å². The van der Waals surface area contributed by atoms with Gasteiger partial charge in [-0.2, -0.15) is 0 Å². The fourth-order valence-electron chi connectivity index (χ4n) is 2.17. The van der Waals surface area contributed by atoms with Crippen LogP contribution >= 0.6 is 0 Å². The minimum absolute atomic E-state index is 0.349. The van der Waals surface area contributed by atoms with E-state index in [9.17, 15) is 0 Å². The van der Waals surface area contributed by atoms with Crippen molar-refractivity contribution in [1.82, 2.24) is 0 Å². The van der Waals surface area contributed by atoms with Crippen molar-refractivity contribution >= 4 is 0 Å². The third-order valence-electron chi connectivity index (χ3n) is 3.47. The maximum Gasteiger partial charge on any atom is 0.00448 e. The lowest BCUT2D eigenvalue weighted by Crippen LogP contribution is -2.17. The Labute approximate surface area is 86.3 Å². The fourth-order valence-corrected chi connectivity index (χ4v) is 2.17. The molecule has 76 valence electrons. The van der Waals surface area contributed by atoms with Crippen molar-refractivity contribution in [3.63, 3.8) is 0 Å². The molecular formula is C13H19N. The van der Waals surface area contributed by atoms with E-state index in [1.54, 1.807) is 0 Å². The van der Waals surface area contributed by atoms with Gasteiger partial charge in [0.15, 0.2) is 0 Å². The van der Waals surface area contributed by atoms with Crippen LogP contribution in [0.2, 0.25) is 0 Å². The summed E-state index contributed by atoms with van der Waals surface area (Å²) >= 11 is 0. The van der Waals surface area contributed by atoms with Crippen molar-refractivity contribution in [1.29, 1.82) is 0 Å². The van der Waals surface area contributed by atoms with Crippen LogP contribution in [0.5, 0.6) is 0 Å². The first-order valence-electron chi connectivity index (χ1n) is 5.42. The predicted octanol–water partition coefficient (Wildman–Crippen LogP) is 2.75. The Hall–Kier alpha value is -0.820. The summed E-state index contributed by atoms with van der Waals surface area (Å²) < 4.78 is 0. The maximum absolute atomic E-state index is 5.89. The average Bonchev–Trinajstić information content (AvgIpc) is 2.89.